The Morgan fingerprint density at radius 2 is 1.70 bits per heavy atom. The maximum atomic E-state index is 3.62. The van der Waals surface area contributed by atoms with Crippen molar-refractivity contribution in [2.24, 2.45) is 5.41 Å². The minimum absolute atomic E-state index is 0.578. The Morgan fingerprint density at radius 3 is 2.25 bits per heavy atom. The lowest BCUT2D eigenvalue weighted by molar-refractivity contribution is 0.0666. The van der Waals surface area contributed by atoms with E-state index in [0.717, 1.165) is 12.6 Å². The third kappa shape index (κ3) is 4.19. The molecule has 1 unspecified atom stereocenters. The molecule has 2 aliphatic rings. The van der Waals surface area contributed by atoms with E-state index in [1.807, 2.05) is 0 Å². The van der Waals surface area contributed by atoms with E-state index in [9.17, 15) is 0 Å². The van der Waals surface area contributed by atoms with Crippen LogP contribution in [-0.4, -0.2) is 61.7 Å². The topological polar surface area (TPSA) is 18.5 Å². The Hall–Kier alpha value is -0.120. The lowest BCUT2D eigenvalue weighted by Crippen LogP contribution is -2.53. The molecule has 0 spiro atoms. The third-order valence-corrected chi connectivity index (χ3v) is 5.59. The van der Waals surface area contributed by atoms with Gasteiger partial charge in [-0.1, -0.05) is 26.7 Å². The van der Waals surface area contributed by atoms with Gasteiger partial charge in [-0.2, -0.15) is 0 Å². The molecule has 1 saturated heterocycles. The molecule has 0 aromatic carbocycles. The smallest absolute Gasteiger partial charge is 0.0113 e. The Kier molecular flexibility index (Phi) is 6.31. The summed E-state index contributed by atoms with van der Waals surface area (Å²) in [6, 6.07) is 0.763. The summed E-state index contributed by atoms with van der Waals surface area (Å²) in [5.74, 6) is 0. The predicted octanol–water partition coefficient (Wildman–Crippen LogP) is 2.57. The SMILES string of the molecule is CCNCC1(CN2CCN(C(C)CC)CC2)CCCC1. The van der Waals surface area contributed by atoms with E-state index in [1.54, 1.807) is 0 Å². The fraction of sp³-hybridized carbons (Fsp3) is 1.00. The lowest BCUT2D eigenvalue weighted by Gasteiger charge is -2.42. The van der Waals surface area contributed by atoms with Gasteiger partial charge >= 0.3 is 0 Å². The largest absolute Gasteiger partial charge is 0.316 e. The maximum absolute atomic E-state index is 3.62. The summed E-state index contributed by atoms with van der Waals surface area (Å²) in [6.45, 7) is 15.7. The average Bonchev–Trinajstić information content (AvgIpc) is 2.94. The van der Waals surface area contributed by atoms with Crippen molar-refractivity contribution in [2.45, 2.75) is 58.9 Å². The summed E-state index contributed by atoms with van der Waals surface area (Å²) in [6.07, 6.45) is 7.04. The molecule has 118 valence electrons. The van der Waals surface area contributed by atoms with E-state index in [2.05, 4.69) is 35.9 Å². The van der Waals surface area contributed by atoms with Gasteiger partial charge in [-0.25, -0.2) is 0 Å². The number of hydrogen-bond acceptors (Lipinski definition) is 3. The number of nitrogens with zero attached hydrogens (tertiary/aromatic N) is 2. The first-order chi connectivity index (χ1) is 9.69. The standard InChI is InChI=1S/C17H35N3/c1-4-16(3)20-12-10-19(11-13-20)15-17(14-18-5-2)8-6-7-9-17/h16,18H,4-15H2,1-3H3. The van der Waals surface area contributed by atoms with Gasteiger partial charge in [0, 0.05) is 45.3 Å². The van der Waals surface area contributed by atoms with Crippen LogP contribution in [0.15, 0.2) is 0 Å². The molecule has 0 aromatic rings. The molecule has 0 amide bonds. The second-order valence-electron chi connectivity index (χ2n) is 7.06. The van der Waals surface area contributed by atoms with Crippen molar-refractivity contribution in [3.63, 3.8) is 0 Å². The zero-order valence-electron chi connectivity index (χ0n) is 14.0. The molecule has 1 atom stereocenters. The van der Waals surface area contributed by atoms with Crippen LogP contribution in [0.2, 0.25) is 0 Å². The first-order valence-corrected chi connectivity index (χ1v) is 8.86. The van der Waals surface area contributed by atoms with Crippen molar-refractivity contribution in [2.75, 3.05) is 45.8 Å². The molecule has 3 heteroatoms. The van der Waals surface area contributed by atoms with Gasteiger partial charge in [-0.3, -0.25) is 4.90 Å². The first kappa shape index (κ1) is 16.3. The second kappa shape index (κ2) is 7.77. The Balaban J connectivity index is 1.80. The molecule has 1 heterocycles. The van der Waals surface area contributed by atoms with Crippen LogP contribution in [0.1, 0.15) is 52.9 Å². The number of piperazine rings is 1. The second-order valence-corrected chi connectivity index (χ2v) is 7.06. The lowest BCUT2D eigenvalue weighted by atomic mass is 9.85. The van der Waals surface area contributed by atoms with Crippen LogP contribution in [0.4, 0.5) is 0 Å². The molecule has 20 heavy (non-hydrogen) atoms. The van der Waals surface area contributed by atoms with E-state index in [0.29, 0.717) is 5.41 Å². The van der Waals surface area contributed by atoms with Gasteiger partial charge in [-0.15, -0.1) is 0 Å². The molecule has 0 bridgehead atoms. The Labute approximate surface area is 126 Å². The van der Waals surface area contributed by atoms with Crippen LogP contribution in [0.5, 0.6) is 0 Å². The number of rotatable bonds is 7. The zero-order chi connectivity index (χ0) is 14.4. The van der Waals surface area contributed by atoms with Crippen LogP contribution in [-0.2, 0) is 0 Å². The summed E-state index contributed by atoms with van der Waals surface area (Å²) in [5.41, 5.74) is 0.578. The molecular formula is C17H35N3. The Bertz CT molecular complexity index is 265. The highest BCUT2D eigenvalue weighted by atomic mass is 15.3. The van der Waals surface area contributed by atoms with Crippen LogP contribution in [0.3, 0.4) is 0 Å². The van der Waals surface area contributed by atoms with Gasteiger partial charge in [0.2, 0.25) is 0 Å². The van der Waals surface area contributed by atoms with E-state index in [-0.39, 0.29) is 0 Å². The quantitative estimate of drug-likeness (QED) is 0.774. The summed E-state index contributed by atoms with van der Waals surface area (Å²) in [5, 5.41) is 3.62. The van der Waals surface area contributed by atoms with Gasteiger partial charge in [0.05, 0.1) is 0 Å². The monoisotopic (exact) mass is 281 g/mol. The van der Waals surface area contributed by atoms with Crippen molar-refractivity contribution in [3.8, 4) is 0 Å². The van der Waals surface area contributed by atoms with Crippen LogP contribution in [0, 0.1) is 5.41 Å². The third-order valence-electron chi connectivity index (χ3n) is 5.59. The van der Waals surface area contributed by atoms with E-state index in [1.165, 1.54) is 71.4 Å². The summed E-state index contributed by atoms with van der Waals surface area (Å²) in [4.78, 5) is 5.41. The van der Waals surface area contributed by atoms with Crippen molar-refractivity contribution in [1.29, 1.82) is 0 Å². The van der Waals surface area contributed by atoms with Gasteiger partial charge in [0.1, 0.15) is 0 Å². The molecule has 2 rings (SSSR count). The molecule has 1 N–H and O–H groups in total. The van der Waals surface area contributed by atoms with Crippen molar-refractivity contribution in [3.05, 3.63) is 0 Å². The fourth-order valence-corrected chi connectivity index (χ4v) is 4.00. The van der Waals surface area contributed by atoms with E-state index in [4.69, 9.17) is 0 Å². The maximum Gasteiger partial charge on any atom is 0.0113 e. The molecule has 0 aromatic heterocycles. The first-order valence-electron chi connectivity index (χ1n) is 8.86. The normalized spacial score (nSPS) is 25.9. The minimum atomic E-state index is 0.578. The van der Waals surface area contributed by atoms with Crippen LogP contribution >= 0.6 is 0 Å². The van der Waals surface area contributed by atoms with E-state index >= 15 is 0 Å². The highest BCUT2D eigenvalue weighted by Gasteiger charge is 2.35. The minimum Gasteiger partial charge on any atom is -0.316 e. The predicted molar refractivity (Wildman–Crippen MR) is 87.2 cm³/mol. The zero-order valence-corrected chi connectivity index (χ0v) is 14.0. The van der Waals surface area contributed by atoms with E-state index < -0.39 is 0 Å². The van der Waals surface area contributed by atoms with Gasteiger partial charge < -0.3 is 10.2 Å². The van der Waals surface area contributed by atoms with Gasteiger partial charge in [0.25, 0.3) is 0 Å². The number of nitrogens with one attached hydrogen (secondary N) is 1. The van der Waals surface area contributed by atoms with Crippen molar-refractivity contribution in [1.82, 2.24) is 15.1 Å². The fourth-order valence-electron chi connectivity index (χ4n) is 4.00. The van der Waals surface area contributed by atoms with Crippen LogP contribution < -0.4 is 5.32 Å². The summed E-state index contributed by atoms with van der Waals surface area (Å²) in [7, 11) is 0. The molecule has 2 fully saturated rings. The molecule has 1 aliphatic heterocycles. The van der Waals surface area contributed by atoms with Gasteiger partial charge in [-0.05, 0) is 38.1 Å². The number of hydrogen-bond donors (Lipinski definition) is 1. The van der Waals surface area contributed by atoms with Gasteiger partial charge in [0.15, 0.2) is 0 Å². The van der Waals surface area contributed by atoms with Crippen molar-refractivity contribution < 1.29 is 0 Å². The highest BCUT2D eigenvalue weighted by Crippen LogP contribution is 2.38. The Morgan fingerprint density at radius 1 is 1.05 bits per heavy atom. The molecule has 1 aliphatic carbocycles. The molecule has 1 saturated carbocycles. The average molecular weight is 281 g/mol. The highest BCUT2D eigenvalue weighted by molar-refractivity contribution is 4.90. The molecule has 3 nitrogen and oxygen atoms in total. The molecular weight excluding hydrogens is 246 g/mol. The molecule has 0 radical (unpaired) electrons. The summed E-state index contributed by atoms with van der Waals surface area (Å²) < 4.78 is 0. The van der Waals surface area contributed by atoms with Crippen molar-refractivity contribution >= 4 is 0 Å². The van der Waals surface area contributed by atoms with Crippen LogP contribution in [0.25, 0.3) is 0 Å². The summed E-state index contributed by atoms with van der Waals surface area (Å²) >= 11 is 0.